The quantitative estimate of drug-likeness (QED) is 0.759. The van der Waals surface area contributed by atoms with Crippen LogP contribution in [0, 0.1) is 0 Å². The molecule has 1 unspecified atom stereocenters. The van der Waals surface area contributed by atoms with Crippen LogP contribution in [0.4, 0.5) is 0 Å². The maximum absolute atomic E-state index is 12.5. The maximum Gasteiger partial charge on any atom is 0.263 e. The average molecular weight is 375 g/mol. The number of amides is 2. The van der Waals surface area contributed by atoms with E-state index in [-0.39, 0.29) is 29.5 Å². The van der Waals surface area contributed by atoms with Gasteiger partial charge in [-0.2, -0.15) is 0 Å². The molecule has 3 aromatic rings. The van der Waals surface area contributed by atoms with E-state index in [4.69, 9.17) is 0 Å². The van der Waals surface area contributed by atoms with Gasteiger partial charge < -0.3 is 14.8 Å². The Morgan fingerprint density at radius 3 is 2.71 bits per heavy atom. The third kappa shape index (κ3) is 3.41. The molecule has 1 atom stereocenters. The van der Waals surface area contributed by atoms with Crippen LogP contribution in [-0.2, 0) is 18.4 Å². The molecule has 0 radical (unpaired) electrons. The van der Waals surface area contributed by atoms with E-state index in [1.165, 1.54) is 10.6 Å². The molecule has 1 N–H and O–H groups in total. The topological polar surface area (TPSA) is 71.4 Å². The zero-order valence-electron chi connectivity index (χ0n) is 15.6. The molecule has 0 saturated carbocycles. The van der Waals surface area contributed by atoms with Crippen molar-refractivity contribution in [2.75, 3.05) is 6.54 Å². The minimum absolute atomic E-state index is 0.000742. The Morgan fingerprint density at radius 2 is 1.86 bits per heavy atom. The summed E-state index contributed by atoms with van der Waals surface area (Å²) in [4.78, 5) is 38.8. The summed E-state index contributed by atoms with van der Waals surface area (Å²) in [5, 5.41) is 5.09. The Morgan fingerprint density at radius 1 is 1.07 bits per heavy atom. The van der Waals surface area contributed by atoms with Gasteiger partial charge in [0.15, 0.2) is 0 Å². The Kier molecular flexibility index (Phi) is 4.69. The number of hydrogen-bond donors (Lipinski definition) is 1. The van der Waals surface area contributed by atoms with Crippen molar-refractivity contribution in [2.45, 2.75) is 19.0 Å². The maximum atomic E-state index is 12.5. The molecule has 2 amide bonds. The van der Waals surface area contributed by atoms with Crippen molar-refractivity contribution in [1.29, 1.82) is 0 Å². The summed E-state index contributed by atoms with van der Waals surface area (Å²) in [6.07, 6.45) is 1.84. The molecule has 4 rings (SSSR count). The van der Waals surface area contributed by atoms with Crippen LogP contribution in [0.5, 0.6) is 0 Å². The molecular formula is C22H21N3O3. The van der Waals surface area contributed by atoms with Crippen LogP contribution < -0.4 is 10.9 Å². The fourth-order valence-corrected chi connectivity index (χ4v) is 3.69. The molecule has 0 aliphatic carbocycles. The van der Waals surface area contributed by atoms with Crippen LogP contribution in [0.3, 0.4) is 0 Å². The smallest absolute Gasteiger partial charge is 0.263 e. The number of carbonyl (C=O) groups excluding carboxylic acids is 2. The number of rotatable bonds is 4. The normalized spacial score (nSPS) is 16.5. The highest BCUT2D eigenvalue weighted by atomic mass is 16.2. The fraction of sp³-hybridized carbons (Fsp3) is 0.227. The van der Waals surface area contributed by atoms with Crippen molar-refractivity contribution < 1.29 is 9.59 Å². The van der Waals surface area contributed by atoms with Gasteiger partial charge in [0, 0.05) is 32.8 Å². The monoisotopic (exact) mass is 375 g/mol. The lowest BCUT2D eigenvalue weighted by Gasteiger charge is -2.18. The Bertz CT molecular complexity index is 1110. The summed E-state index contributed by atoms with van der Waals surface area (Å²) >= 11 is 0. The number of fused-ring (bicyclic) bond motifs is 1. The summed E-state index contributed by atoms with van der Waals surface area (Å²) in [7, 11) is 1.60. The molecule has 1 saturated heterocycles. The van der Waals surface area contributed by atoms with E-state index in [9.17, 15) is 14.4 Å². The largest absolute Gasteiger partial charge is 0.347 e. The number of aromatic nitrogens is 1. The third-order valence-electron chi connectivity index (χ3n) is 5.16. The van der Waals surface area contributed by atoms with Crippen molar-refractivity contribution >= 4 is 22.6 Å². The molecule has 142 valence electrons. The lowest BCUT2D eigenvalue weighted by atomic mass is 10.0. The van der Waals surface area contributed by atoms with Crippen molar-refractivity contribution in [3.05, 3.63) is 82.3 Å². The molecule has 0 spiro atoms. The first kappa shape index (κ1) is 18.0. The molecule has 1 aliphatic rings. The minimum Gasteiger partial charge on any atom is -0.347 e. The first-order valence-electron chi connectivity index (χ1n) is 9.24. The van der Waals surface area contributed by atoms with E-state index >= 15 is 0 Å². The molecule has 28 heavy (non-hydrogen) atoms. The first-order chi connectivity index (χ1) is 13.5. The van der Waals surface area contributed by atoms with E-state index in [1.807, 2.05) is 36.4 Å². The van der Waals surface area contributed by atoms with E-state index < -0.39 is 5.91 Å². The highest BCUT2D eigenvalue weighted by molar-refractivity contribution is 5.94. The second kappa shape index (κ2) is 7.31. The molecule has 1 fully saturated rings. The van der Waals surface area contributed by atoms with Gasteiger partial charge in [-0.25, -0.2) is 0 Å². The van der Waals surface area contributed by atoms with Crippen LogP contribution in [0.1, 0.15) is 22.3 Å². The van der Waals surface area contributed by atoms with Crippen molar-refractivity contribution in [3.8, 4) is 0 Å². The number of likely N-dealkylation sites (tertiary alicyclic amines) is 1. The third-order valence-corrected chi connectivity index (χ3v) is 5.16. The highest BCUT2D eigenvalue weighted by Crippen LogP contribution is 2.22. The van der Waals surface area contributed by atoms with Crippen molar-refractivity contribution in [3.63, 3.8) is 0 Å². The summed E-state index contributed by atoms with van der Waals surface area (Å²) < 4.78 is 1.36. The van der Waals surface area contributed by atoms with E-state index in [1.54, 1.807) is 24.2 Å². The van der Waals surface area contributed by atoms with Crippen molar-refractivity contribution in [2.24, 2.45) is 7.05 Å². The summed E-state index contributed by atoms with van der Waals surface area (Å²) in [6, 6.07) is 17.0. The number of carbonyl (C=O) groups is 2. The Balaban J connectivity index is 1.47. The standard InChI is InChI=1S/C22H21N3O3/c1-24-11-5-10-19(22(24)28)21(27)23-17-12-20(26)25(14-17)13-16-8-4-7-15-6-2-3-9-18(15)16/h2-11,17H,12-14H2,1H3,(H,23,27). The SMILES string of the molecule is Cn1cccc(C(=O)NC2CC(=O)N(Cc3cccc4ccccc34)C2)c1=O. The first-order valence-corrected chi connectivity index (χ1v) is 9.24. The van der Waals surface area contributed by atoms with Gasteiger partial charge in [0.1, 0.15) is 5.56 Å². The number of hydrogen-bond acceptors (Lipinski definition) is 3. The van der Waals surface area contributed by atoms with Crippen molar-refractivity contribution in [1.82, 2.24) is 14.8 Å². The second-order valence-electron chi connectivity index (χ2n) is 7.12. The van der Waals surface area contributed by atoms with E-state index in [0.29, 0.717) is 13.1 Å². The average Bonchev–Trinajstić information content (AvgIpc) is 3.03. The summed E-state index contributed by atoms with van der Waals surface area (Å²) in [6.45, 7) is 0.931. The van der Waals surface area contributed by atoms with E-state index in [0.717, 1.165) is 16.3 Å². The van der Waals surface area contributed by atoms with Gasteiger partial charge in [-0.3, -0.25) is 14.4 Å². The predicted molar refractivity (Wildman–Crippen MR) is 107 cm³/mol. The Hall–Kier alpha value is -3.41. The molecule has 2 heterocycles. The lowest BCUT2D eigenvalue weighted by molar-refractivity contribution is -0.128. The van der Waals surface area contributed by atoms with Gasteiger partial charge in [-0.15, -0.1) is 0 Å². The van der Waals surface area contributed by atoms with Gasteiger partial charge in [0.25, 0.3) is 11.5 Å². The molecular weight excluding hydrogens is 354 g/mol. The van der Waals surface area contributed by atoms with Crippen LogP contribution >= 0.6 is 0 Å². The fourth-order valence-electron chi connectivity index (χ4n) is 3.69. The number of nitrogens with one attached hydrogen (secondary N) is 1. The second-order valence-corrected chi connectivity index (χ2v) is 7.12. The van der Waals surface area contributed by atoms with Gasteiger partial charge >= 0.3 is 0 Å². The number of pyridine rings is 1. The van der Waals surface area contributed by atoms with Gasteiger partial charge in [0.2, 0.25) is 5.91 Å². The van der Waals surface area contributed by atoms with E-state index in [2.05, 4.69) is 11.4 Å². The highest BCUT2D eigenvalue weighted by Gasteiger charge is 2.31. The van der Waals surface area contributed by atoms with Gasteiger partial charge in [-0.1, -0.05) is 42.5 Å². The lowest BCUT2D eigenvalue weighted by Crippen LogP contribution is -2.40. The summed E-state index contributed by atoms with van der Waals surface area (Å²) in [5.41, 5.74) is 0.817. The molecule has 1 aliphatic heterocycles. The predicted octanol–water partition coefficient (Wildman–Crippen LogP) is 2.07. The number of benzene rings is 2. The molecule has 6 heteroatoms. The minimum atomic E-state index is -0.439. The number of aryl methyl sites for hydroxylation is 1. The van der Waals surface area contributed by atoms with Gasteiger partial charge in [0.05, 0.1) is 6.04 Å². The number of nitrogens with zero attached hydrogens (tertiary/aromatic N) is 2. The molecule has 0 bridgehead atoms. The van der Waals surface area contributed by atoms with Crippen LogP contribution in [0.15, 0.2) is 65.6 Å². The van der Waals surface area contributed by atoms with Crippen LogP contribution in [0.2, 0.25) is 0 Å². The van der Waals surface area contributed by atoms with Crippen LogP contribution in [-0.4, -0.2) is 33.9 Å². The summed E-state index contributed by atoms with van der Waals surface area (Å²) in [5.74, 6) is -0.440. The molecule has 2 aromatic carbocycles. The zero-order valence-corrected chi connectivity index (χ0v) is 15.6. The van der Waals surface area contributed by atoms with Gasteiger partial charge in [-0.05, 0) is 28.5 Å². The zero-order chi connectivity index (χ0) is 19.7. The van der Waals surface area contributed by atoms with Crippen LogP contribution in [0.25, 0.3) is 10.8 Å². The molecule has 6 nitrogen and oxygen atoms in total. The molecule has 1 aromatic heterocycles. The Labute approximate surface area is 162 Å².